The van der Waals surface area contributed by atoms with Crippen molar-refractivity contribution in [3.8, 4) is 0 Å². The number of rotatable bonds is 3. The molecule has 0 bridgehead atoms. The standard InChI is InChI=1S/C8H16O3/c1-7(6-9)4-8(5-7,10-2)11-3/h9H,4-6H2,1-3H3/i6D2. The lowest BCUT2D eigenvalue weighted by Crippen LogP contribution is -2.54. The van der Waals surface area contributed by atoms with E-state index in [-0.39, 0.29) is 0 Å². The molecule has 3 nitrogen and oxygen atoms in total. The molecule has 1 saturated carbocycles. The molecule has 0 spiro atoms. The summed E-state index contributed by atoms with van der Waals surface area (Å²) in [6.45, 7) is -0.489. The van der Waals surface area contributed by atoms with Gasteiger partial charge in [-0.05, 0) is 0 Å². The molecule has 0 atom stereocenters. The Morgan fingerprint density at radius 3 is 2.18 bits per heavy atom. The Balaban J connectivity index is 2.65. The molecule has 0 saturated heterocycles. The van der Waals surface area contributed by atoms with Gasteiger partial charge >= 0.3 is 0 Å². The Kier molecular flexibility index (Phi) is 1.59. The van der Waals surface area contributed by atoms with Crippen LogP contribution < -0.4 is 0 Å². The Morgan fingerprint density at radius 1 is 1.45 bits per heavy atom. The average Bonchev–Trinajstić information content (AvgIpc) is 1.96. The zero-order chi connectivity index (χ0) is 10.3. The fourth-order valence-corrected chi connectivity index (χ4v) is 1.59. The van der Waals surface area contributed by atoms with Crippen molar-refractivity contribution in [2.45, 2.75) is 25.6 Å². The van der Waals surface area contributed by atoms with Gasteiger partial charge < -0.3 is 14.6 Å². The monoisotopic (exact) mass is 162 g/mol. The molecule has 1 aliphatic carbocycles. The molecule has 1 N–H and O–H groups in total. The number of hydrogen-bond acceptors (Lipinski definition) is 3. The highest BCUT2D eigenvalue weighted by Crippen LogP contribution is 2.49. The lowest BCUT2D eigenvalue weighted by molar-refractivity contribution is -0.298. The number of methoxy groups -OCH3 is 2. The van der Waals surface area contributed by atoms with Crippen molar-refractivity contribution >= 4 is 0 Å². The first kappa shape index (κ1) is 6.40. The zero-order valence-electron chi connectivity index (χ0n) is 9.18. The van der Waals surface area contributed by atoms with Crippen molar-refractivity contribution in [3.63, 3.8) is 0 Å². The third kappa shape index (κ3) is 1.41. The summed E-state index contributed by atoms with van der Waals surface area (Å²) in [5.74, 6) is -0.704. The molecular weight excluding hydrogens is 144 g/mol. The highest BCUT2D eigenvalue weighted by atomic mass is 16.7. The van der Waals surface area contributed by atoms with E-state index < -0.39 is 17.8 Å². The number of aliphatic hydroxyl groups is 1. The molecule has 11 heavy (non-hydrogen) atoms. The van der Waals surface area contributed by atoms with Gasteiger partial charge in [0.15, 0.2) is 5.79 Å². The van der Waals surface area contributed by atoms with Crippen molar-refractivity contribution in [1.29, 1.82) is 0 Å². The lowest BCUT2D eigenvalue weighted by Gasteiger charge is -2.51. The van der Waals surface area contributed by atoms with E-state index in [0.717, 1.165) is 0 Å². The third-order valence-electron chi connectivity index (χ3n) is 2.33. The van der Waals surface area contributed by atoms with Crippen LogP contribution in [0.1, 0.15) is 22.5 Å². The SMILES string of the molecule is [2H]C([2H])(O)C1(C)CC(OC)(OC)C1. The molecule has 0 amide bonds. The van der Waals surface area contributed by atoms with Gasteiger partial charge in [0, 0.05) is 39.0 Å². The molecule has 1 rings (SSSR count). The largest absolute Gasteiger partial charge is 0.396 e. The van der Waals surface area contributed by atoms with Crippen LogP contribution in [0.5, 0.6) is 0 Å². The van der Waals surface area contributed by atoms with Crippen LogP contribution in [0, 0.1) is 5.41 Å². The van der Waals surface area contributed by atoms with E-state index in [2.05, 4.69) is 0 Å². The molecule has 0 aromatic rings. The van der Waals surface area contributed by atoms with Crippen LogP contribution in [0.15, 0.2) is 0 Å². The molecule has 0 heterocycles. The maximum absolute atomic E-state index is 9.24. The summed E-state index contributed by atoms with van der Waals surface area (Å²) in [6, 6.07) is 0. The van der Waals surface area contributed by atoms with Gasteiger partial charge in [-0.1, -0.05) is 6.92 Å². The van der Waals surface area contributed by atoms with Gasteiger partial charge in [0.05, 0.1) is 2.74 Å². The molecule has 1 fully saturated rings. The second-order valence-corrected chi connectivity index (χ2v) is 3.34. The van der Waals surface area contributed by atoms with Gasteiger partial charge in [-0.25, -0.2) is 0 Å². The maximum Gasteiger partial charge on any atom is 0.168 e. The second kappa shape index (κ2) is 2.73. The van der Waals surface area contributed by atoms with Crippen molar-refractivity contribution < 1.29 is 17.3 Å². The van der Waals surface area contributed by atoms with Gasteiger partial charge in [0.1, 0.15) is 0 Å². The van der Waals surface area contributed by atoms with Crippen molar-refractivity contribution in [2.24, 2.45) is 5.41 Å². The summed E-state index contributed by atoms with van der Waals surface area (Å²) in [6.07, 6.45) is 0.743. The van der Waals surface area contributed by atoms with Crippen molar-refractivity contribution in [2.75, 3.05) is 20.8 Å². The minimum Gasteiger partial charge on any atom is -0.396 e. The molecule has 0 aliphatic heterocycles. The Hall–Kier alpha value is -0.120. The predicted molar refractivity (Wildman–Crippen MR) is 41.2 cm³/mol. The summed E-state index contributed by atoms with van der Waals surface area (Å²) >= 11 is 0. The summed E-state index contributed by atoms with van der Waals surface area (Å²) in [5, 5.41) is 9.24. The molecule has 3 heteroatoms. The van der Waals surface area contributed by atoms with Crippen LogP contribution in [-0.2, 0) is 9.47 Å². The first-order valence-electron chi connectivity index (χ1n) is 4.61. The summed E-state index contributed by atoms with van der Waals surface area (Å²) < 4.78 is 24.7. The highest BCUT2D eigenvalue weighted by molar-refractivity contribution is 4.96. The second-order valence-electron chi connectivity index (χ2n) is 3.34. The molecule has 1 aliphatic rings. The van der Waals surface area contributed by atoms with E-state index >= 15 is 0 Å². The van der Waals surface area contributed by atoms with Crippen LogP contribution in [0.4, 0.5) is 0 Å². The molecule has 0 radical (unpaired) electrons. The zero-order valence-corrected chi connectivity index (χ0v) is 7.18. The van der Waals surface area contributed by atoms with E-state index in [4.69, 9.17) is 12.2 Å². The van der Waals surface area contributed by atoms with Crippen LogP contribution >= 0.6 is 0 Å². The summed E-state index contributed by atoms with van der Waals surface area (Å²) in [5.41, 5.74) is -0.765. The molecular formula is C8H16O3. The molecule has 0 unspecified atom stereocenters. The molecule has 0 aromatic heterocycles. The number of ether oxygens (including phenoxy) is 2. The average molecular weight is 162 g/mol. The van der Waals surface area contributed by atoms with E-state index in [9.17, 15) is 5.11 Å². The van der Waals surface area contributed by atoms with Crippen LogP contribution in [0.3, 0.4) is 0 Å². The third-order valence-corrected chi connectivity index (χ3v) is 2.33. The molecule has 66 valence electrons. The Labute approximate surface area is 70.1 Å². The first-order valence-corrected chi connectivity index (χ1v) is 3.61. The van der Waals surface area contributed by atoms with E-state index in [1.807, 2.05) is 0 Å². The van der Waals surface area contributed by atoms with Gasteiger partial charge in [0.25, 0.3) is 0 Å². The number of hydrogen-bond donors (Lipinski definition) is 1. The first-order chi connectivity index (χ1) is 5.79. The van der Waals surface area contributed by atoms with E-state index in [1.165, 1.54) is 14.2 Å². The van der Waals surface area contributed by atoms with Crippen LogP contribution in [-0.4, -0.2) is 31.7 Å². The van der Waals surface area contributed by atoms with Crippen molar-refractivity contribution in [1.82, 2.24) is 0 Å². The van der Waals surface area contributed by atoms with Crippen LogP contribution in [0.25, 0.3) is 0 Å². The topological polar surface area (TPSA) is 38.7 Å². The normalized spacial score (nSPS) is 30.2. The predicted octanol–water partition coefficient (Wildman–Crippen LogP) is 0.768. The van der Waals surface area contributed by atoms with Crippen molar-refractivity contribution in [3.05, 3.63) is 0 Å². The summed E-state index contributed by atoms with van der Waals surface area (Å²) in [4.78, 5) is 0. The van der Waals surface area contributed by atoms with E-state index in [1.54, 1.807) is 6.92 Å². The highest BCUT2D eigenvalue weighted by Gasteiger charge is 2.52. The lowest BCUT2D eigenvalue weighted by atomic mass is 9.66. The van der Waals surface area contributed by atoms with Gasteiger partial charge in [-0.2, -0.15) is 0 Å². The fourth-order valence-electron chi connectivity index (χ4n) is 1.59. The van der Waals surface area contributed by atoms with Gasteiger partial charge in [-0.3, -0.25) is 0 Å². The smallest absolute Gasteiger partial charge is 0.168 e. The molecule has 0 aromatic carbocycles. The minimum absolute atomic E-state index is 0.372. The van der Waals surface area contributed by atoms with Gasteiger partial charge in [0.2, 0.25) is 0 Å². The fraction of sp³-hybridized carbons (Fsp3) is 1.00. The van der Waals surface area contributed by atoms with Crippen LogP contribution in [0.2, 0.25) is 0 Å². The van der Waals surface area contributed by atoms with Gasteiger partial charge in [-0.15, -0.1) is 0 Å². The quantitative estimate of drug-likeness (QED) is 0.623. The Bertz CT molecular complexity index is 188. The maximum atomic E-state index is 9.24. The summed E-state index contributed by atoms with van der Waals surface area (Å²) in [7, 11) is 3.05. The van der Waals surface area contributed by atoms with E-state index in [0.29, 0.717) is 12.8 Å². The Morgan fingerprint density at radius 2 is 1.91 bits per heavy atom. The minimum atomic E-state index is -2.17.